The van der Waals surface area contributed by atoms with E-state index in [-0.39, 0.29) is 23.4 Å². The third kappa shape index (κ3) is 1.38. The minimum absolute atomic E-state index is 0.0232. The fraction of sp³-hybridized carbons (Fsp3) is 0.368. The Morgan fingerprint density at radius 3 is 1.71 bits per heavy atom. The van der Waals surface area contributed by atoms with Crippen LogP contribution in [0, 0.1) is 23.7 Å². The van der Waals surface area contributed by atoms with E-state index in [1.807, 2.05) is 36.4 Å². The van der Waals surface area contributed by atoms with Crippen molar-refractivity contribution in [3.8, 4) is 0 Å². The van der Waals surface area contributed by atoms with Gasteiger partial charge in [-0.3, -0.25) is 9.59 Å². The molecule has 5 rings (SSSR count). The highest BCUT2D eigenvalue weighted by Gasteiger charge is 2.56. The Balaban J connectivity index is 1.77. The van der Waals surface area contributed by atoms with Crippen molar-refractivity contribution in [2.45, 2.75) is 19.3 Å². The number of rotatable bonds is 0. The molecule has 2 aromatic rings. The van der Waals surface area contributed by atoms with Crippen LogP contribution in [0.1, 0.15) is 40.0 Å². The molecular weight excluding hydrogens is 260 g/mol. The number of hydrogen-bond acceptors (Lipinski definition) is 2. The third-order valence-electron chi connectivity index (χ3n) is 5.94. The number of fused-ring (bicyclic) bond motifs is 7. The van der Waals surface area contributed by atoms with E-state index in [4.69, 9.17) is 0 Å². The van der Waals surface area contributed by atoms with Crippen molar-refractivity contribution in [2.24, 2.45) is 23.7 Å². The first-order valence-electron chi connectivity index (χ1n) is 7.85. The number of hydrogen-bond donors (Lipinski definition) is 0. The largest absolute Gasteiger partial charge is 0.294 e. The third-order valence-corrected chi connectivity index (χ3v) is 5.94. The van der Waals surface area contributed by atoms with E-state index in [9.17, 15) is 9.59 Å². The Morgan fingerprint density at radius 1 is 0.762 bits per heavy atom. The Kier molecular flexibility index (Phi) is 2.12. The second kappa shape index (κ2) is 3.82. The highest BCUT2D eigenvalue weighted by atomic mass is 16.1. The SMILES string of the molecule is O=C1c2cc3ccccc3cc2C(=O)C2C3CCC(C3)C12. The second-order valence-electron chi connectivity index (χ2n) is 6.86. The molecule has 21 heavy (non-hydrogen) atoms. The van der Waals surface area contributed by atoms with Gasteiger partial charge in [-0.1, -0.05) is 24.3 Å². The Labute approximate surface area is 123 Å². The van der Waals surface area contributed by atoms with Gasteiger partial charge in [-0.05, 0) is 54.0 Å². The minimum atomic E-state index is -0.0232. The van der Waals surface area contributed by atoms with Crippen LogP contribution in [0.2, 0.25) is 0 Å². The zero-order valence-corrected chi connectivity index (χ0v) is 11.7. The number of benzene rings is 2. The lowest BCUT2D eigenvalue weighted by atomic mass is 9.67. The van der Waals surface area contributed by atoms with Crippen molar-refractivity contribution < 1.29 is 9.59 Å². The highest BCUT2D eigenvalue weighted by Crippen LogP contribution is 2.56. The molecule has 0 aliphatic heterocycles. The lowest BCUT2D eigenvalue weighted by Crippen LogP contribution is -2.40. The van der Waals surface area contributed by atoms with Crippen LogP contribution in [0.3, 0.4) is 0 Å². The topological polar surface area (TPSA) is 34.1 Å². The molecule has 2 fully saturated rings. The van der Waals surface area contributed by atoms with Crippen LogP contribution in [-0.4, -0.2) is 11.6 Å². The molecule has 2 bridgehead atoms. The monoisotopic (exact) mass is 276 g/mol. The second-order valence-corrected chi connectivity index (χ2v) is 6.86. The summed E-state index contributed by atoms with van der Waals surface area (Å²) in [7, 11) is 0. The van der Waals surface area contributed by atoms with Crippen molar-refractivity contribution in [3.63, 3.8) is 0 Å². The van der Waals surface area contributed by atoms with Gasteiger partial charge in [0.2, 0.25) is 0 Å². The van der Waals surface area contributed by atoms with Gasteiger partial charge in [0.1, 0.15) is 0 Å². The van der Waals surface area contributed by atoms with Crippen molar-refractivity contribution in [1.29, 1.82) is 0 Å². The summed E-state index contributed by atoms with van der Waals surface area (Å²) in [6.45, 7) is 0. The first kappa shape index (κ1) is 11.7. The standard InChI is InChI=1S/C19H16O2/c20-18-14-8-10-3-1-2-4-11(10)9-15(14)19(21)17-13-6-5-12(7-13)16(17)18/h1-4,8-9,12-13,16-17H,5-7H2. The number of Topliss-reactive ketones (excluding diaryl/α,β-unsaturated/α-hetero) is 2. The van der Waals surface area contributed by atoms with Gasteiger partial charge in [0, 0.05) is 23.0 Å². The average molecular weight is 276 g/mol. The maximum absolute atomic E-state index is 12.9. The summed E-state index contributed by atoms with van der Waals surface area (Å²) in [6, 6.07) is 11.9. The fourth-order valence-corrected chi connectivity index (χ4v) is 5.05. The lowest BCUT2D eigenvalue weighted by molar-refractivity contribution is 0.0661. The molecule has 0 spiro atoms. The van der Waals surface area contributed by atoms with Gasteiger partial charge in [0.15, 0.2) is 11.6 Å². The number of carbonyl (C=O) groups is 2. The predicted molar refractivity (Wildman–Crippen MR) is 80.4 cm³/mol. The minimum Gasteiger partial charge on any atom is -0.294 e. The fourth-order valence-electron chi connectivity index (χ4n) is 5.05. The Morgan fingerprint density at radius 2 is 1.24 bits per heavy atom. The van der Waals surface area contributed by atoms with Gasteiger partial charge in [-0.2, -0.15) is 0 Å². The lowest BCUT2D eigenvalue weighted by Gasteiger charge is -2.33. The molecule has 4 atom stereocenters. The zero-order valence-electron chi connectivity index (χ0n) is 11.7. The molecular formula is C19H16O2. The van der Waals surface area contributed by atoms with Crippen molar-refractivity contribution in [3.05, 3.63) is 47.5 Å². The summed E-state index contributed by atoms with van der Waals surface area (Å²) < 4.78 is 0. The van der Waals surface area contributed by atoms with E-state index < -0.39 is 0 Å². The summed E-state index contributed by atoms with van der Waals surface area (Å²) in [5, 5.41) is 2.11. The van der Waals surface area contributed by atoms with Crippen molar-refractivity contribution in [1.82, 2.24) is 0 Å². The van der Waals surface area contributed by atoms with Crippen LogP contribution in [0.15, 0.2) is 36.4 Å². The molecule has 104 valence electrons. The summed E-state index contributed by atoms with van der Waals surface area (Å²) in [4.78, 5) is 25.9. The summed E-state index contributed by atoms with van der Waals surface area (Å²) in [5.41, 5.74) is 1.35. The average Bonchev–Trinajstić information content (AvgIpc) is 3.12. The van der Waals surface area contributed by atoms with Crippen molar-refractivity contribution >= 4 is 22.3 Å². The van der Waals surface area contributed by atoms with Crippen LogP contribution in [0.5, 0.6) is 0 Å². The van der Waals surface area contributed by atoms with E-state index in [1.54, 1.807) is 0 Å². The molecule has 4 unspecified atom stereocenters. The van der Waals surface area contributed by atoms with Crippen molar-refractivity contribution in [2.75, 3.05) is 0 Å². The van der Waals surface area contributed by atoms with E-state index in [0.29, 0.717) is 23.0 Å². The van der Waals surface area contributed by atoms with E-state index in [1.165, 1.54) is 0 Å². The molecule has 2 saturated carbocycles. The van der Waals surface area contributed by atoms with Gasteiger partial charge in [-0.15, -0.1) is 0 Å². The van der Waals surface area contributed by atoms with E-state index in [0.717, 1.165) is 30.0 Å². The normalized spacial score (nSPS) is 33.3. The quantitative estimate of drug-likeness (QED) is 0.731. The van der Waals surface area contributed by atoms with E-state index in [2.05, 4.69) is 0 Å². The smallest absolute Gasteiger partial charge is 0.167 e. The predicted octanol–water partition coefficient (Wildman–Crippen LogP) is 3.88. The van der Waals surface area contributed by atoms with Crippen LogP contribution >= 0.6 is 0 Å². The van der Waals surface area contributed by atoms with Gasteiger partial charge < -0.3 is 0 Å². The van der Waals surface area contributed by atoms with Gasteiger partial charge in [0.05, 0.1) is 0 Å². The summed E-state index contributed by atoms with van der Waals surface area (Å²) in [6.07, 6.45) is 3.35. The van der Waals surface area contributed by atoms with Crippen LogP contribution in [0.25, 0.3) is 10.8 Å². The first-order valence-corrected chi connectivity index (χ1v) is 7.85. The molecule has 0 heterocycles. The van der Waals surface area contributed by atoms with Crippen LogP contribution in [0.4, 0.5) is 0 Å². The maximum atomic E-state index is 12.9. The molecule has 0 radical (unpaired) electrons. The Hall–Kier alpha value is -1.96. The zero-order chi connectivity index (χ0) is 14.1. The summed E-state index contributed by atoms with van der Waals surface area (Å²) >= 11 is 0. The molecule has 0 aromatic heterocycles. The highest BCUT2D eigenvalue weighted by molar-refractivity contribution is 6.18. The molecule has 2 aromatic carbocycles. The van der Waals surface area contributed by atoms with Gasteiger partial charge in [0.25, 0.3) is 0 Å². The molecule has 3 aliphatic carbocycles. The molecule has 0 amide bonds. The Bertz CT molecular complexity index is 738. The molecule has 2 heteroatoms. The summed E-state index contributed by atoms with van der Waals surface area (Å²) in [5.74, 6) is 1.32. The molecule has 3 aliphatic rings. The number of carbonyl (C=O) groups excluding carboxylic acids is 2. The molecule has 0 N–H and O–H groups in total. The van der Waals surface area contributed by atoms with Gasteiger partial charge >= 0.3 is 0 Å². The number of ketones is 2. The van der Waals surface area contributed by atoms with Crippen LogP contribution in [-0.2, 0) is 0 Å². The van der Waals surface area contributed by atoms with E-state index >= 15 is 0 Å². The van der Waals surface area contributed by atoms with Gasteiger partial charge in [-0.25, -0.2) is 0 Å². The first-order chi connectivity index (χ1) is 10.2. The molecule has 0 saturated heterocycles. The molecule has 2 nitrogen and oxygen atoms in total. The maximum Gasteiger partial charge on any atom is 0.167 e. The van der Waals surface area contributed by atoms with Crippen LogP contribution < -0.4 is 0 Å².